The summed E-state index contributed by atoms with van der Waals surface area (Å²) in [4.78, 5) is 13.7. The molecule has 1 aliphatic rings. The Labute approximate surface area is 100 Å². The van der Waals surface area contributed by atoms with Crippen molar-refractivity contribution in [1.82, 2.24) is 25.2 Å². The molecular weight excluding hydrogens is 230 g/mol. The van der Waals surface area contributed by atoms with Gasteiger partial charge in [-0.25, -0.2) is 0 Å². The first kappa shape index (κ1) is 12.9. The lowest BCUT2D eigenvalue weighted by Crippen LogP contribution is -2.57. The molecule has 1 amide bonds. The molecule has 0 aliphatic carbocycles. The Bertz CT molecular complexity index is 387. The molecule has 0 unspecified atom stereocenters. The molecule has 0 saturated carbocycles. The largest absolute Gasteiger partial charge is 0.335 e. The number of carbonyl (C=O) groups is 1. The first-order valence-electron chi connectivity index (χ1n) is 4.95. The zero-order valence-electron chi connectivity index (χ0n) is 9.60. The molecule has 2 heterocycles. The third kappa shape index (κ3) is 2.03. The van der Waals surface area contributed by atoms with Gasteiger partial charge in [0.15, 0.2) is 5.69 Å². The van der Waals surface area contributed by atoms with E-state index in [0.717, 1.165) is 18.8 Å². The van der Waals surface area contributed by atoms with Gasteiger partial charge >= 0.3 is 0 Å². The standard InChI is InChI=1S/C9H15N5O.ClH/c1-6-8(11-12-14(6)3)9(15)13(2)7-4-10-5-7;/h7,10H,4-5H2,1-3H3;1H. The average molecular weight is 246 g/mol. The van der Waals surface area contributed by atoms with Crippen LogP contribution in [0.3, 0.4) is 0 Å². The molecule has 0 aromatic carbocycles. The number of carbonyl (C=O) groups excluding carboxylic acids is 1. The van der Waals surface area contributed by atoms with Crippen LogP contribution in [0.15, 0.2) is 0 Å². The fourth-order valence-electron chi connectivity index (χ4n) is 1.48. The van der Waals surface area contributed by atoms with Crippen LogP contribution in [0.25, 0.3) is 0 Å². The lowest BCUT2D eigenvalue weighted by atomic mass is 10.1. The second-order valence-corrected chi connectivity index (χ2v) is 3.88. The van der Waals surface area contributed by atoms with Crippen molar-refractivity contribution in [3.63, 3.8) is 0 Å². The molecule has 0 bridgehead atoms. The van der Waals surface area contributed by atoms with E-state index in [1.165, 1.54) is 0 Å². The molecule has 1 N–H and O–H groups in total. The maximum absolute atomic E-state index is 12.0. The van der Waals surface area contributed by atoms with Crippen molar-refractivity contribution in [1.29, 1.82) is 0 Å². The SMILES string of the molecule is Cc1c(C(=O)N(C)C2CNC2)nnn1C.Cl. The van der Waals surface area contributed by atoms with Gasteiger partial charge in [0, 0.05) is 27.2 Å². The monoisotopic (exact) mass is 245 g/mol. The Balaban J connectivity index is 0.00000128. The lowest BCUT2D eigenvalue weighted by Gasteiger charge is -2.35. The van der Waals surface area contributed by atoms with E-state index < -0.39 is 0 Å². The number of nitrogens with one attached hydrogen (secondary N) is 1. The van der Waals surface area contributed by atoms with Gasteiger partial charge in [-0.3, -0.25) is 9.48 Å². The summed E-state index contributed by atoms with van der Waals surface area (Å²) in [6, 6.07) is 0.291. The first-order valence-corrected chi connectivity index (χ1v) is 4.95. The van der Waals surface area contributed by atoms with Gasteiger partial charge in [0.2, 0.25) is 0 Å². The minimum Gasteiger partial charge on any atom is -0.335 e. The fourth-order valence-corrected chi connectivity index (χ4v) is 1.48. The van der Waals surface area contributed by atoms with Gasteiger partial charge in [-0.15, -0.1) is 17.5 Å². The highest BCUT2D eigenvalue weighted by molar-refractivity contribution is 5.93. The Hall–Kier alpha value is -1.14. The van der Waals surface area contributed by atoms with Crippen molar-refractivity contribution in [2.75, 3.05) is 20.1 Å². The zero-order chi connectivity index (χ0) is 11.0. The Morgan fingerprint density at radius 1 is 1.56 bits per heavy atom. The van der Waals surface area contributed by atoms with Crippen molar-refractivity contribution >= 4 is 18.3 Å². The van der Waals surface area contributed by atoms with Crippen LogP contribution in [0.2, 0.25) is 0 Å². The van der Waals surface area contributed by atoms with Crippen LogP contribution in [0.5, 0.6) is 0 Å². The van der Waals surface area contributed by atoms with Gasteiger partial charge in [0.05, 0.1) is 11.7 Å². The Kier molecular flexibility index (Phi) is 3.88. The molecule has 1 saturated heterocycles. The molecule has 16 heavy (non-hydrogen) atoms. The number of likely N-dealkylation sites (N-methyl/N-ethyl adjacent to an activating group) is 1. The van der Waals surface area contributed by atoms with E-state index >= 15 is 0 Å². The number of amides is 1. The first-order chi connectivity index (χ1) is 7.11. The number of rotatable bonds is 2. The van der Waals surface area contributed by atoms with Crippen molar-refractivity contribution < 1.29 is 4.79 Å². The van der Waals surface area contributed by atoms with Gasteiger partial charge < -0.3 is 10.2 Å². The van der Waals surface area contributed by atoms with E-state index in [0.29, 0.717) is 11.7 Å². The van der Waals surface area contributed by atoms with Crippen LogP contribution in [-0.2, 0) is 7.05 Å². The van der Waals surface area contributed by atoms with Gasteiger partial charge in [-0.2, -0.15) is 0 Å². The number of aryl methyl sites for hydroxylation is 1. The summed E-state index contributed by atoms with van der Waals surface area (Å²) in [7, 11) is 3.59. The summed E-state index contributed by atoms with van der Waals surface area (Å²) >= 11 is 0. The Morgan fingerprint density at radius 3 is 2.56 bits per heavy atom. The molecule has 1 aromatic rings. The number of hydrogen-bond donors (Lipinski definition) is 1. The van der Waals surface area contributed by atoms with Crippen molar-refractivity contribution in [2.45, 2.75) is 13.0 Å². The van der Waals surface area contributed by atoms with E-state index in [1.807, 2.05) is 14.0 Å². The summed E-state index contributed by atoms with van der Waals surface area (Å²) in [5.41, 5.74) is 1.26. The van der Waals surface area contributed by atoms with Crippen LogP contribution >= 0.6 is 12.4 Å². The third-order valence-corrected chi connectivity index (χ3v) is 2.94. The highest BCUT2D eigenvalue weighted by Crippen LogP contribution is 2.10. The predicted octanol–water partition coefficient (Wildman–Crippen LogP) is -0.411. The molecular formula is C9H16ClN5O. The van der Waals surface area contributed by atoms with E-state index in [-0.39, 0.29) is 18.3 Å². The van der Waals surface area contributed by atoms with Crippen LogP contribution in [0, 0.1) is 6.92 Å². The number of hydrogen-bond acceptors (Lipinski definition) is 4. The van der Waals surface area contributed by atoms with Crippen LogP contribution in [-0.4, -0.2) is 52.0 Å². The highest BCUT2D eigenvalue weighted by atomic mass is 35.5. The molecule has 90 valence electrons. The van der Waals surface area contributed by atoms with Gasteiger partial charge in [-0.05, 0) is 6.92 Å². The molecule has 7 heteroatoms. The highest BCUT2D eigenvalue weighted by Gasteiger charge is 2.28. The van der Waals surface area contributed by atoms with Crippen molar-refractivity contribution in [3.8, 4) is 0 Å². The van der Waals surface area contributed by atoms with Gasteiger partial charge in [0.1, 0.15) is 0 Å². The maximum atomic E-state index is 12.0. The number of aromatic nitrogens is 3. The van der Waals surface area contributed by atoms with E-state index in [4.69, 9.17) is 0 Å². The second kappa shape index (κ2) is 4.80. The van der Waals surface area contributed by atoms with Gasteiger partial charge in [-0.1, -0.05) is 5.21 Å². The molecule has 1 aromatic heterocycles. The topological polar surface area (TPSA) is 63.1 Å². The van der Waals surface area contributed by atoms with Crippen LogP contribution < -0.4 is 5.32 Å². The predicted molar refractivity (Wildman–Crippen MR) is 61.7 cm³/mol. The molecule has 1 aliphatic heterocycles. The number of halogens is 1. The van der Waals surface area contributed by atoms with Crippen molar-refractivity contribution in [3.05, 3.63) is 11.4 Å². The quantitative estimate of drug-likeness (QED) is 0.770. The average Bonchev–Trinajstić information content (AvgIpc) is 2.44. The third-order valence-electron chi connectivity index (χ3n) is 2.94. The smallest absolute Gasteiger partial charge is 0.276 e. The molecule has 1 fully saturated rings. The summed E-state index contributed by atoms with van der Waals surface area (Å²) in [5.74, 6) is -0.0490. The van der Waals surface area contributed by atoms with Gasteiger partial charge in [0.25, 0.3) is 5.91 Å². The molecule has 0 atom stereocenters. The molecule has 0 spiro atoms. The van der Waals surface area contributed by atoms with Crippen LogP contribution in [0.4, 0.5) is 0 Å². The van der Waals surface area contributed by atoms with Crippen LogP contribution in [0.1, 0.15) is 16.2 Å². The van der Waals surface area contributed by atoms with Crippen molar-refractivity contribution in [2.24, 2.45) is 7.05 Å². The lowest BCUT2D eigenvalue weighted by molar-refractivity contribution is 0.0674. The zero-order valence-corrected chi connectivity index (χ0v) is 10.4. The summed E-state index contributed by atoms with van der Waals surface area (Å²) in [5, 5.41) is 10.8. The molecule has 0 radical (unpaired) electrons. The fraction of sp³-hybridized carbons (Fsp3) is 0.667. The molecule has 6 nitrogen and oxygen atoms in total. The number of nitrogens with zero attached hydrogens (tertiary/aromatic N) is 4. The minimum absolute atomic E-state index is 0. The molecule has 2 rings (SSSR count). The summed E-state index contributed by atoms with van der Waals surface area (Å²) in [6.45, 7) is 3.57. The van der Waals surface area contributed by atoms with E-state index in [1.54, 1.807) is 16.6 Å². The maximum Gasteiger partial charge on any atom is 0.276 e. The second-order valence-electron chi connectivity index (χ2n) is 3.88. The minimum atomic E-state index is -0.0490. The normalized spacial score (nSPS) is 15.2. The summed E-state index contributed by atoms with van der Waals surface area (Å²) < 4.78 is 1.61. The van der Waals surface area contributed by atoms with E-state index in [2.05, 4.69) is 15.6 Å². The Morgan fingerprint density at radius 2 is 2.19 bits per heavy atom. The van der Waals surface area contributed by atoms with E-state index in [9.17, 15) is 4.79 Å². The summed E-state index contributed by atoms with van der Waals surface area (Å²) in [6.07, 6.45) is 0.